The van der Waals surface area contributed by atoms with Crippen LogP contribution in [0.5, 0.6) is 0 Å². The zero-order chi connectivity index (χ0) is 18.5. The Labute approximate surface area is 160 Å². The van der Waals surface area contributed by atoms with Gasteiger partial charge in [0.2, 0.25) is 11.9 Å². The van der Waals surface area contributed by atoms with Crippen molar-refractivity contribution in [1.82, 2.24) is 20.3 Å². The molecular formula is C21H27N5O. The monoisotopic (exact) mass is 365 g/mol. The van der Waals surface area contributed by atoms with Crippen molar-refractivity contribution >= 4 is 17.7 Å². The van der Waals surface area contributed by atoms with Crippen molar-refractivity contribution in [1.29, 1.82) is 0 Å². The predicted molar refractivity (Wildman–Crippen MR) is 105 cm³/mol. The number of amides is 1. The van der Waals surface area contributed by atoms with E-state index in [1.165, 1.54) is 6.42 Å². The van der Waals surface area contributed by atoms with E-state index in [1.54, 1.807) is 6.20 Å². The van der Waals surface area contributed by atoms with Crippen molar-refractivity contribution in [3.8, 4) is 0 Å². The van der Waals surface area contributed by atoms with Crippen molar-refractivity contribution in [2.45, 2.75) is 50.9 Å². The van der Waals surface area contributed by atoms with Crippen molar-refractivity contribution in [3.63, 3.8) is 0 Å². The number of aromatic nitrogens is 3. The molecule has 2 heterocycles. The van der Waals surface area contributed by atoms with Gasteiger partial charge in [-0.2, -0.15) is 0 Å². The molecule has 0 unspecified atom stereocenters. The number of hydrogen-bond acceptors (Lipinski definition) is 5. The minimum absolute atomic E-state index is 0.268. The molecule has 2 N–H and O–H groups in total. The van der Waals surface area contributed by atoms with Gasteiger partial charge in [0.05, 0.1) is 0 Å². The molecule has 2 aliphatic carbocycles. The highest BCUT2D eigenvalue weighted by atomic mass is 16.1. The number of carbonyl (C=O) groups is 1. The molecule has 0 aliphatic heterocycles. The normalized spacial score (nSPS) is 22.7. The van der Waals surface area contributed by atoms with Gasteiger partial charge in [-0.15, -0.1) is 0 Å². The molecule has 0 radical (unpaired) electrons. The van der Waals surface area contributed by atoms with Gasteiger partial charge in [0.15, 0.2) is 0 Å². The summed E-state index contributed by atoms with van der Waals surface area (Å²) in [6.45, 7) is 0.832. The predicted octanol–water partition coefficient (Wildman–Crippen LogP) is 3.81. The number of rotatable bonds is 6. The molecule has 2 aromatic rings. The molecule has 2 fully saturated rings. The van der Waals surface area contributed by atoms with Gasteiger partial charge in [0.25, 0.3) is 0 Å². The zero-order valence-electron chi connectivity index (χ0n) is 15.6. The van der Waals surface area contributed by atoms with E-state index >= 15 is 0 Å². The highest BCUT2D eigenvalue weighted by Gasteiger charge is 2.27. The summed E-state index contributed by atoms with van der Waals surface area (Å²) in [5.41, 5.74) is 1.10. The van der Waals surface area contributed by atoms with Crippen LogP contribution in [0.3, 0.4) is 0 Å². The van der Waals surface area contributed by atoms with Crippen LogP contribution in [0.4, 0.5) is 11.8 Å². The summed E-state index contributed by atoms with van der Waals surface area (Å²) < 4.78 is 0. The van der Waals surface area contributed by atoms with Crippen molar-refractivity contribution in [2.75, 3.05) is 11.9 Å². The third-order valence-electron chi connectivity index (χ3n) is 5.89. The third-order valence-corrected chi connectivity index (χ3v) is 5.89. The first-order valence-electron chi connectivity index (χ1n) is 10.1. The van der Waals surface area contributed by atoms with E-state index in [2.05, 4.69) is 20.6 Å². The smallest absolute Gasteiger partial charge is 0.228 e. The summed E-state index contributed by atoms with van der Waals surface area (Å²) in [5.74, 6) is 2.97. The summed E-state index contributed by atoms with van der Waals surface area (Å²) in [7, 11) is 0. The molecule has 0 spiro atoms. The second kappa shape index (κ2) is 8.46. The summed E-state index contributed by atoms with van der Waals surface area (Å²) in [4.78, 5) is 25.3. The van der Waals surface area contributed by atoms with E-state index in [1.807, 2.05) is 30.5 Å². The Kier molecular flexibility index (Phi) is 5.61. The first-order chi connectivity index (χ1) is 13.3. The molecule has 27 heavy (non-hydrogen) atoms. The zero-order valence-corrected chi connectivity index (χ0v) is 15.6. The van der Waals surface area contributed by atoms with Crippen molar-refractivity contribution in [2.24, 2.45) is 11.8 Å². The number of nitrogens with one attached hydrogen (secondary N) is 2. The quantitative estimate of drug-likeness (QED) is 0.814. The highest BCUT2D eigenvalue weighted by molar-refractivity contribution is 5.79. The fourth-order valence-corrected chi connectivity index (χ4v) is 3.93. The maximum absolute atomic E-state index is 12.0. The van der Waals surface area contributed by atoms with E-state index in [0.29, 0.717) is 17.8 Å². The van der Waals surface area contributed by atoms with Gasteiger partial charge >= 0.3 is 0 Å². The lowest BCUT2D eigenvalue weighted by atomic mass is 9.80. The number of anilines is 2. The molecule has 2 aromatic heterocycles. The summed E-state index contributed by atoms with van der Waals surface area (Å²) in [5, 5.41) is 6.33. The molecular weight excluding hydrogens is 338 g/mol. The fraction of sp³-hybridized carbons (Fsp3) is 0.524. The Morgan fingerprint density at radius 2 is 1.85 bits per heavy atom. The molecule has 6 nitrogen and oxygen atoms in total. The Bertz CT molecular complexity index is 754. The molecule has 0 aromatic carbocycles. The number of hydrogen-bond donors (Lipinski definition) is 2. The molecule has 4 rings (SSSR count). The topological polar surface area (TPSA) is 79.8 Å². The van der Waals surface area contributed by atoms with Gasteiger partial charge in [0.1, 0.15) is 5.82 Å². The van der Waals surface area contributed by atoms with Crippen LogP contribution in [-0.2, 0) is 4.79 Å². The lowest BCUT2D eigenvalue weighted by molar-refractivity contribution is -0.127. The SMILES string of the molecule is O=C(NCC1CCC(c2ccnc(Nc3ccccn3)n2)CC1)C1CCC1. The largest absolute Gasteiger partial charge is 0.356 e. The molecule has 1 amide bonds. The summed E-state index contributed by atoms with van der Waals surface area (Å²) >= 11 is 0. The van der Waals surface area contributed by atoms with Gasteiger partial charge < -0.3 is 10.6 Å². The molecule has 0 bridgehead atoms. The fourth-order valence-electron chi connectivity index (χ4n) is 3.93. The minimum atomic E-state index is 0.268. The Balaban J connectivity index is 1.27. The maximum atomic E-state index is 12.0. The van der Waals surface area contributed by atoms with E-state index in [0.717, 1.165) is 56.6 Å². The van der Waals surface area contributed by atoms with Crippen LogP contribution in [0.2, 0.25) is 0 Å². The van der Waals surface area contributed by atoms with Gasteiger partial charge in [-0.05, 0) is 62.6 Å². The van der Waals surface area contributed by atoms with Gasteiger partial charge in [-0.1, -0.05) is 12.5 Å². The number of nitrogens with zero attached hydrogens (tertiary/aromatic N) is 3. The van der Waals surface area contributed by atoms with E-state index in [9.17, 15) is 4.79 Å². The maximum Gasteiger partial charge on any atom is 0.228 e. The lowest BCUT2D eigenvalue weighted by Crippen LogP contribution is -2.37. The standard InChI is InChI=1S/C21H27N5O/c27-20(17-4-3-5-17)24-14-15-7-9-16(10-8-15)18-11-13-23-21(25-18)26-19-6-1-2-12-22-19/h1-2,6,11-13,15-17H,3-5,7-10,14H2,(H,24,27)(H,22,23,25,26). The Morgan fingerprint density at radius 3 is 2.56 bits per heavy atom. The van der Waals surface area contributed by atoms with Crippen LogP contribution < -0.4 is 10.6 Å². The van der Waals surface area contributed by atoms with E-state index in [-0.39, 0.29) is 11.8 Å². The molecule has 2 aliphatic rings. The Hall–Kier alpha value is -2.50. The first-order valence-corrected chi connectivity index (χ1v) is 10.1. The van der Waals surface area contributed by atoms with E-state index < -0.39 is 0 Å². The molecule has 6 heteroatoms. The number of carbonyl (C=O) groups excluding carboxylic acids is 1. The molecule has 0 saturated heterocycles. The van der Waals surface area contributed by atoms with Crippen molar-refractivity contribution in [3.05, 3.63) is 42.4 Å². The minimum Gasteiger partial charge on any atom is -0.356 e. The van der Waals surface area contributed by atoms with Gasteiger partial charge in [-0.3, -0.25) is 4.79 Å². The van der Waals surface area contributed by atoms with Gasteiger partial charge in [-0.25, -0.2) is 15.0 Å². The second-order valence-corrected chi connectivity index (χ2v) is 7.74. The lowest BCUT2D eigenvalue weighted by Gasteiger charge is -2.30. The van der Waals surface area contributed by atoms with Crippen LogP contribution in [0.25, 0.3) is 0 Å². The second-order valence-electron chi connectivity index (χ2n) is 7.74. The third kappa shape index (κ3) is 4.62. The summed E-state index contributed by atoms with van der Waals surface area (Å²) in [6.07, 6.45) is 11.4. The highest BCUT2D eigenvalue weighted by Crippen LogP contribution is 2.35. The van der Waals surface area contributed by atoms with Crippen LogP contribution >= 0.6 is 0 Å². The molecule has 2 saturated carbocycles. The average molecular weight is 365 g/mol. The summed E-state index contributed by atoms with van der Waals surface area (Å²) in [6, 6.07) is 7.74. The molecule has 0 atom stereocenters. The van der Waals surface area contributed by atoms with Crippen LogP contribution in [-0.4, -0.2) is 27.4 Å². The first kappa shape index (κ1) is 17.9. The van der Waals surface area contributed by atoms with Crippen molar-refractivity contribution < 1.29 is 4.79 Å². The Morgan fingerprint density at radius 1 is 1.00 bits per heavy atom. The molecule has 142 valence electrons. The average Bonchev–Trinajstić information content (AvgIpc) is 2.66. The van der Waals surface area contributed by atoms with Crippen LogP contribution in [0, 0.1) is 11.8 Å². The van der Waals surface area contributed by atoms with Gasteiger partial charge in [0, 0.05) is 36.5 Å². The number of pyridine rings is 1. The van der Waals surface area contributed by atoms with E-state index in [4.69, 9.17) is 4.98 Å². The van der Waals surface area contributed by atoms with Crippen LogP contribution in [0.1, 0.15) is 56.6 Å². The van der Waals surface area contributed by atoms with Crippen LogP contribution in [0.15, 0.2) is 36.7 Å².